The Morgan fingerprint density at radius 3 is 2.62 bits per heavy atom. The van der Waals surface area contributed by atoms with E-state index in [9.17, 15) is 13.6 Å². The lowest BCUT2D eigenvalue weighted by Gasteiger charge is -2.29. The van der Waals surface area contributed by atoms with Gasteiger partial charge in [-0.25, -0.2) is 8.78 Å². The molecule has 3 N–H and O–H groups in total. The molecule has 1 aromatic rings. The Kier molecular flexibility index (Phi) is 6.61. The number of hydrogen-bond donors (Lipinski definition) is 2. The third-order valence-electron chi connectivity index (χ3n) is 3.12. The Hall–Kier alpha value is -1.14. The number of benzene rings is 1. The van der Waals surface area contributed by atoms with Crippen LogP contribution in [0.4, 0.5) is 8.78 Å². The lowest BCUT2D eigenvalue weighted by molar-refractivity contribution is -0.124. The number of carbonyl (C=O) groups excluding carboxylic acids is 1. The van der Waals surface area contributed by atoms with Gasteiger partial charge in [0.15, 0.2) is 0 Å². The molecule has 0 fully saturated rings. The maximum absolute atomic E-state index is 13.5. The largest absolute Gasteiger partial charge is 0.368 e. The summed E-state index contributed by atoms with van der Waals surface area (Å²) in [4.78, 5) is 12.0. The second kappa shape index (κ2) is 7.75. The zero-order chi connectivity index (χ0) is 16.0. The molecule has 0 heterocycles. The zero-order valence-corrected chi connectivity index (χ0v) is 13.4. The van der Waals surface area contributed by atoms with Crippen LogP contribution >= 0.6 is 11.8 Å². The van der Waals surface area contributed by atoms with E-state index in [1.54, 1.807) is 6.92 Å². The van der Waals surface area contributed by atoms with Crippen molar-refractivity contribution < 1.29 is 13.6 Å². The molecule has 1 atom stereocenters. The molecule has 0 aliphatic rings. The van der Waals surface area contributed by atoms with E-state index in [1.807, 2.05) is 13.8 Å². The molecule has 0 radical (unpaired) electrons. The number of amides is 1. The van der Waals surface area contributed by atoms with Crippen molar-refractivity contribution in [2.75, 3.05) is 5.75 Å². The van der Waals surface area contributed by atoms with Crippen molar-refractivity contribution in [3.63, 3.8) is 0 Å². The van der Waals surface area contributed by atoms with Gasteiger partial charge in [-0.3, -0.25) is 4.79 Å². The smallest absolute Gasteiger partial charge is 0.237 e. The maximum Gasteiger partial charge on any atom is 0.237 e. The Balaban J connectivity index is 2.49. The Morgan fingerprint density at radius 2 is 2.10 bits per heavy atom. The fraction of sp³-hybridized carbons (Fsp3) is 0.533. The van der Waals surface area contributed by atoms with E-state index < -0.39 is 23.1 Å². The molecule has 118 valence electrons. The van der Waals surface area contributed by atoms with Gasteiger partial charge in [-0.2, -0.15) is 0 Å². The van der Waals surface area contributed by atoms with Gasteiger partial charge in [-0.15, -0.1) is 11.8 Å². The molecule has 0 saturated heterocycles. The standard InChI is InChI=1S/C15H22F2N2OS/c1-10(2)19-15(3,14(18)20)7-4-8-21-13-6-5-11(16)9-12(13)17/h5-6,9-10,19H,4,7-8H2,1-3H3,(H2,18,20). The highest BCUT2D eigenvalue weighted by Gasteiger charge is 2.30. The molecule has 0 bridgehead atoms. The van der Waals surface area contributed by atoms with Crippen LogP contribution in [0.3, 0.4) is 0 Å². The molecule has 0 spiro atoms. The molecule has 0 saturated carbocycles. The summed E-state index contributed by atoms with van der Waals surface area (Å²) < 4.78 is 26.3. The van der Waals surface area contributed by atoms with Crippen molar-refractivity contribution in [3.05, 3.63) is 29.8 Å². The Morgan fingerprint density at radius 1 is 1.43 bits per heavy atom. The predicted octanol–water partition coefficient (Wildman–Crippen LogP) is 3.08. The predicted molar refractivity (Wildman–Crippen MR) is 82.2 cm³/mol. The van der Waals surface area contributed by atoms with Crippen LogP contribution in [-0.4, -0.2) is 23.2 Å². The van der Waals surface area contributed by atoms with Crippen molar-refractivity contribution >= 4 is 17.7 Å². The van der Waals surface area contributed by atoms with Crippen molar-refractivity contribution in [2.24, 2.45) is 5.73 Å². The first-order valence-corrected chi connectivity index (χ1v) is 7.88. The van der Waals surface area contributed by atoms with Crippen LogP contribution in [-0.2, 0) is 4.79 Å². The summed E-state index contributed by atoms with van der Waals surface area (Å²) in [7, 11) is 0. The molecular weight excluding hydrogens is 294 g/mol. The van der Waals surface area contributed by atoms with E-state index in [0.29, 0.717) is 23.5 Å². The van der Waals surface area contributed by atoms with Crippen LogP contribution in [0.25, 0.3) is 0 Å². The summed E-state index contributed by atoms with van der Waals surface area (Å²) >= 11 is 1.31. The van der Waals surface area contributed by atoms with E-state index in [0.717, 1.165) is 6.07 Å². The molecule has 3 nitrogen and oxygen atoms in total. The highest BCUT2D eigenvalue weighted by molar-refractivity contribution is 7.99. The molecule has 0 aromatic heterocycles. The number of carbonyl (C=O) groups is 1. The monoisotopic (exact) mass is 316 g/mol. The molecular formula is C15H22F2N2OS. The van der Waals surface area contributed by atoms with Crippen LogP contribution in [0.5, 0.6) is 0 Å². The molecule has 1 rings (SSSR count). The lowest BCUT2D eigenvalue weighted by Crippen LogP contribution is -2.55. The van der Waals surface area contributed by atoms with Crippen molar-refractivity contribution in [3.8, 4) is 0 Å². The van der Waals surface area contributed by atoms with Crippen molar-refractivity contribution in [1.82, 2.24) is 5.32 Å². The SMILES string of the molecule is CC(C)NC(C)(CCCSc1ccc(F)cc1F)C(N)=O. The summed E-state index contributed by atoms with van der Waals surface area (Å²) in [5.74, 6) is -0.906. The van der Waals surface area contributed by atoms with E-state index in [1.165, 1.54) is 23.9 Å². The average Bonchev–Trinajstić information content (AvgIpc) is 2.35. The van der Waals surface area contributed by atoms with Gasteiger partial charge < -0.3 is 11.1 Å². The molecule has 1 unspecified atom stereocenters. The average molecular weight is 316 g/mol. The number of hydrogen-bond acceptors (Lipinski definition) is 3. The van der Waals surface area contributed by atoms with Crippen LogP contribution in [0.15, 0.2) is 23.1 Å². The molecule has 21 heavy (non-hydrogen) atoms. The first-order valence-electron chi connectivity index (χ1n) is 6.90. The normalized spacial score (nSPS) is 14.2. The highest BCUT2D eigenvalue weighted by Crippen LogP contribution is 2.24. The molecule has 0 aliphatic heterocycles. The summed E-state index contributed by atoms with van der Waals surface area (Å²) in [5.41, 5.74) is 4.68. The van der Waals surface area contributed by atoms with Gasteiger partial charge in [0.25, 0.3) is 0 Å². The quantitative estimate of drug-likeness (QED) is 0.572. The van der Waals surface area contributed by atoms with Gasteiger partial charge in [0.05, 0.1) is 5.54 Å². The number of primary amides is 1. The van der Waals surface area contributed by atoms with E-state index in [-0.39, 0.29) is 6.04 Å². The second-order valence-corrected chi connectivity index (χ2v) is 6.66. The maximum atomic E-state index is 13.5. The lowest BCUT2D eigenvalue weighted by atomic mass is 9.94. The third kappa shape index (κ3) is 5.63. The molecule has 6 heteroatoms. The van der Waals surface area contributed by atoms with Crippen LogP contribution < -0.4 is 11.1 Å². The van der Waals surface area contributed by atoms with Gasteiger partial charge in [-0.05, 0) is 51.5 Å². The minimum atomic E-state index is -0.768. The van der Waals surface area contributed by atoms with Crippen LogP contribution in [0, 0.1) is 11.6 Å². The first kappa shape index (κ1) is 17.9. The van der Waals surface area contributed by atoms with Crippen LogP contribution in [0.2, 0.25) is 0 Å². The summed E-state index contributed by atoms with van der Waals surface area (Å²) in [5, 5.41) is 3.17. The van der Waals surface area contributed by atoms with Gasteiger partial charge >= 0.3 is 0 Å². The number of nitrogens with two attached hydrogens (primary N) is 1. The van der Waals surface area contributed by atoms with Gasteiger partial charge in [0, 0.05) is 17.0 Å². The topological polar surface area (TPSA) is 55.1 Å². The minimum absolute atomic E-state index is 0.143. The second-order valence-electron chi connectivity index (χ2n) is 5.52. The fourth-order valence-corrected chi connectivity index (χ4v) is 2.97. The number of halogens is 2. The Labute approximate surface area is 128 Å². The fourth-order valence-electron chi connectivity index (χ4n) is 2.10. The third-order valence-corrected chi connectivity index (χ3v) is 4.26. The minimum Gasteiger partial charge on any atom is -0.368 e. The van der Waals surface area contributed by atoms with Gasteiger partial charge in [-0.1, -0.05) is 0 Å². The molecule has 0 aliphatic carbocycles. The first-order chi connectivity index (χ1) is 9.74. The van der Waals surface area contributed by atoms with Gasteiger partial charge in [0.1, 0.15) is 11.6 Å². The van der Waals surface area contributed by atoms with Gasteiger partial charge in [0.2, 0.25) is 5.91 Å². The summed E-state index contributed by atoms with van der Waals surface area (Å²) in [6, 6.07) is 3.68. The Bertz CT molecular complexity index is 497. The number of nitrogens with one attached hydrogen (secondary N) is 1. The zero-order valence-electron chi connectivity index (χ0n) is 12.6. The molecule has 1 amide bonds. The highest BCUT2D eigenvalue weighted by atomic mass is 32.2. The van der Waals surface area contributed by atoms with Crippen molar-refractivity contribution in [1.29, 1.82) is 0 Å². The van der Waals surface area contributed by atoms with E-state index in [2.05, 4.69) is 5.32 Å². The van der Waals surface area contributed by atoms with Crippen molar-refractivity contribution in [2.45, 2.75) is 50.1 Å². The number of thioether (sulfide) groups is 1. The molecule has 1 aromatic carbocycles. The van der Waals surface area contributed by atoms with E-state index >= 15 is 0 Å². The van der Waals surface area contributed by atoms with E-state index in [4.69, 9.17) is 5.73 Å². The summed E-state index contributed by atoms with van der Waals surface area (Å²) in [6.45, 7) is 5.67. The number of rotatable bonds is 8. The van der Waals surface area contributed by atoms with Crippen LogP contribution in [0.1, 0.15) is 33.6 Å². The summed E-state index contributed by atoms with van der Waals surface area (Å²) in [6.07, 6.45) is 1.26.